The summed E-state index contributed by atoms with van der Waals surface area (Å²) in [6, 6.07) is 0. The number of aryl methyl sites for hydroxylation is 1. The van der Waals surface area contributed by atoms with E-state index in [0.717, 1.165) is 18.8 Å². The van der Waals surface area contributed by atoms with Gasteiger partial charge in [-0.05, 0) is 18.8 Å². The maximum atomic E-state index is 4.20. The van der Waals surface area contributed by atoms with E-state index in [9.17, 15) is 0 Å². The highest BCUT2D eigenvalue weighted by Crippen LogP contribution is 2.18. The number of nitrogens with zero attached hydrogens (tertiary/aromatic N) is 2. The maximum Gasteiger partial charge on any atom is 0.0726 e. The third-order valence-corrected chi connectivity index (χ3v) is 2.16. The van der Waals surface area contributed by atoms with Crippen LogP contribution in [0.4, 0.5) is 5.69 Å². The van der Waals surface area contributed by atoms with Gasteiger partial charge in [0.15, 0.2) is 0 Å². The molecule has 3 heteroatoms. The lowest BCUT2D eigenvalue weighted by Gasteiger charge is -2.17. The van der Waals surface area contributed by atoms with E-state index >= 15 is 0 Å². The second-order valence-corrected chi connectivity index (χ2v) is 4.82. The van der Waals surface area contributed by atoms with Crippen molar-refractivity contribution in [3.63, 3.8) is 0 Å². The molecule has 0 atom stereocenters. The van der Waals surface area contributed by atoms with Gasteiger partial charge < -0.3 is 5.32 Å². The molecular formula is C11H21N3. The van der Waals surface area contributed by atoms with E-state index in [1.165, 1.54) is 6.42 Å². The quantitative estimate of drug-likeness (QED) is 0.800. The van der Waals surface area contributed by atoms with Gasteiger partial charge in [0.05, 0.1) is 11.9 Å². The molecule has 0 aliphatic heterocycles. The number of rotatable bonds is 4. The Kier molecular flexibility index (Phi) is 3.55. The summed E-state index contributed by atoms with van der Waals surface area (Å²) in [5, 5.41) is 7.58. The van der Waals surface area contributed by atoms with Gasteiger partial charge in [-0.2, -0.15) is 5.10 Å². The Bertz CT molecular complexity index is 270. The molecule has 0 aliphatic rings. The lowest BCUT2D eigenvalue weighted by Crippen LogP contribution is -2.12. The van der Waals surface area contributed by atoms with E-state index in [-0.39, 0.29) is 0 Å². The van der Waals surface area contributed by atoms with Crippen LogP contribution < -0.4 is 5.32 Å². The standard InChI is InChI=1S/C11H21N3/c1-5-14-9-10(8-13-14)12-7-6-11(2,3)4/h8-9,12H,5-7H2,1-4H3. The monoisotopic (exact) mass is 195 g/mol. The lowest BCUT2D eigenvalue weighted by atomic mass is 9.92. The maximum absolute atomic E-state index is 4.20. The third-order valence-electron chi connectivity index (χ3n) is 2.16. The molecular weight excluding hydrogens is 174 g/mol. The van der Waals surface area contributed by atoms with Crippen molar-refractivity contribution in [2.24, 2.45) is 5.41 Å². The van der Waals surface area contributed by atoms with Gasteiger partial charge in [-0.15, -0.1) is 0 Å². The molecule has 1 aromatic heterocycles. The van der Waals surface area contributed by atoms with Crippen molar-refractivity contribution < 1.29 is 0 Å². The summed E-state index contributed by atoms with van der Waals surface area (Å²) >= 11 is 0. The molecule has 0 aliphatic carbocycles. The van der Waals surface area contributed by atoms with Crippen LogP contribution in [0.15, 0.2) is 12.4 Å². The molecule has 0 saturated carbocycles. The lowest BCUT2D eigenvalue weighted by molar-refractivity contribution is 0.390. The molecule has 0 spiro atoms. The van der Waals surface area contributed by atoms with Crippen molar-refractivity contribution in [1.82, 2.24) is 9.78 Å². The van der Waals surface area contributed by atoms with Crippen LogP contribution in [0.5, 0.6) is 0 Å². The van der Waals surface area contributed by atoms with Gasteiger partial charge in [0.2, 0.25) is 0 Å². The Morgan fingerprint density at radius 1 is 1.43 bits per heavy atom. The Labute approximate surface area is 86.5 Å². The summed E-state index contributed by atoms with van der Waals surface area (Å²) in [6.45, 7) is 10.8. The highest BCUT2D eigenvalue weighted by Gasteiger charge is 2.09. The number of hydrogen-bond donors (Lipinski definition) is 1. The largest absolute Gasteiger partial charge is 0.382 e. The van der Waals surface area contributed by atoms with Gasteiger partial charge in [-0.3, -0.25) is 4.68 Å². The number of nitrogens with one attached hydrogen (secondary N) is 1. The molecule has 0 fully saturated rings. The molecule has 0 bridgehead atoms. The van der Waals surface area contributed by atoms with E-state index in [2.05, 4.69) is 38.1 Å². The number of anilines is 1. The van der Waals surface area contributed by atoms with Crippen molar-refractivity contribution >= 4 is 5.69 Å². The molecule has 1 rings (SSSR count). The summed E-state index contributed by atoms with van der Waals surface area (Å²) < 4.78 is 1.93. The SMILES string of the molecule is CCn1cc(NCCC(C)(C)C)cn1. The first kappa shape index (κ1) is 11.1. The van der Waals surface area contributed by atoms with Gasteiger partial charge in [-0.25, -0.2) is 0 Å². The predicted octanol–water partition coefficient (Wildman–Crippen LogP) is 2.75. The smallest absolute Gasteiger partial charge is 0.0726 e. The highest BCUT2D eigenvalue weighted by atomic mass is 15.3. The van der Waals surface area contributed by atoms with Crippen molar-refractivity contribution in [3.8, 4) is 0 Å². The van der Waals surface area contributed by atoms with E-state index in [1.807, 2.05) is 17.1 Å². The van der Waals surface area contributed by atoms with Crippen LogP contribution in [-0.4, -0.2) is 16.3 Å². The minimum absolute atomic E-state index is 0.397. The first-order valence-corrected chi connectivity index (χ1v) is 5.27. The molecule has 0 radical (unpaired) electrons. The summed E-state index contributed by atoms with van der Waals surface area (Å²) in [4.78, 5) is 0. The topological polar surface area (TPSA) is 29.9 Å². The molecule has 0 aromatic carbocycles. The zero-order valence-corrected chi connectivity index (χ0v) is 9.67. The summed E-state index contributed by atoms with van der Waals surface area (Å²) in [5.41, 5.74) is 1.52. The van der Waals surface area contributed by atoms with Crippen LogP contribution in [-0.2, 0) is 6.54 Å². The van der Waals surface area contributed by atoms with Crippen molar-refractivity contribution in [3.05, 3.63) is 12.4 Å². The fourth-order valence-electron chi connectivity index (χ4n) is 1.21. The fraction of sp³-hybridized carbons (Fsp3) is 0.727. The first-order valence-electron chi connectivity index (χ1n) is 5.27. The molecule has 0 unspecified atom stereocenters. The highest BCUT2D eigenvalue weighted by molar-refractivity contribution is 5.37. The molecule has 3 nitrogen and oxygen atoms in total. The Balaban J connectivity index is 2.31. The van der Waals surface area contributed by atoms with Gasteiger partial charge in [0.25, 0.3) is 0 Å². The van der Waals surface area contributed by atoms with Crippen LogP contribution in [0.1, 0.15) is 34.1 Å². The van der Waals surface area contributed by atoms with Gasteiger partial charge in [0, 0.05) is 19.3 Å². The van der Waals surface area contributed by atoms with Crippen LogP contribution in [0.2, 0.25) is 0 Å². The molecule has 1 heterocycles. The molecule has 0 amide bonds. The number of hydrogen-bond acceptors (Lipinski definition) is 2. The zero-order chi connectivity index (χ0) is 10.6. The van der Waals surface area contributed by atoms with Gasteiger partial charge >= 0.3 is 0 Å². The Hall–Kier alpha value is -0.990. The normalized spacial score (nSPS) is 11.7. The molecule has 14 heavy (non-hydrogen) atoms. The van der Waals surface area contributed by atoms with Crippen LogP contribution in [0.25, 0.3) is 0 Å². The van der Waals surface area contributed by atoms with E-state index < -0.39 is 0 Å². The second-order valence-electron chi connectivity index (χ2n) is 4.82. The van der Waals surface area contributed by atoms with E-state index in [0.29, 0.717) is 5.41 Å². The second kappa shape index (κ2) is 4.49. The molecule has 1 N–H and O–H groups in total. The van der Waals surface area contributed by atoms with E-state index in [4.69, 9.17) is 0 Å². The van der Waals surface area contributed by atoms with Gasteiger partial charge in [0.1, 0.15) is 0 Å². The average Bonchev–Trinajstić information content (AvgIpc) is 2.50. The van der Waals surface area contributed by atoms with Crippen LogP contribution >= 0.6 is 0 Å². The van der Waals surface area contributed by atoms with Crippen LogP contribution in [0, 0.1) is 5.41 Å². The van der Waals surface area contributed by atoms with E-state index in [1.54, 1.807) is 0 Å². The zero-order valence-electron chi connectivity index (χ0n) is 9.67. The Morgan fingerprint density at radius 3 is 2.64 bits per heavy atom. The minimum atomic E-state index is 0.397. The molecule has 0 saturated heterocycles. The van der Waals surface area contributed by atoms with Crippen molar-refractivity contribution in [2.45, 2.75) is 40.7 Å². The van der Waals surface area contributed by atoms with Crippen molar-refractivity contribution in [1.29, 1.82) is 0 Å². The van der Waals surface area contributed by atoms with Crippen molar-refractivity contribution in [2.75, 3.05) is 11.9 Å². The van der Waals surface area contributed by atoms with Crippen LogP contribution in [0.3, 0.4) is 0 Å². The fourth-order valence-corrected chi connectivity index (χ4v) is 1.21. The molecule has 80 valence electrons. The minimum Gasteiger partial charge on any atom is -0.382 e. The third kappa shape index (κ3) is 3.81. The predicted molar refractivity (Wildman–Crippen MR) is 60.5 cm³/mol. The summed E-state index contributed by atoms with van der Waals surface area (Å²) in [5.74, 6) is 0. The summed E-state index contributed by atoms with van der Waals surface area (Å²) in [6.07, 6.45) is 5.10. The molecule has 1 aromatic rings. The first-order chi connectivity index (χ1) is 6.51. The van der Waals surface area contributed by atoms with Gasteiger partial charge in [-0.1, -0.05) is 20.8 Å². The number of aromatic nitrogens is 2. The Morgan fingerprint density at radius 2 is 2.14 bits per heavy atom. The summed E-state index contributed by atoms with van der Waals surface area (Å²) in [7, 11) is 0. The average molecular weight is 195 g/mol.